The Morgan fingerprint density at radius 1 is 1.33 bits per heavy atom. The Labute approximate surface area is 89.0 Å². The maximum Gasteiger partial charge on any atom is 0.310 e. The molecular weight excluding hydrogens is 194 g/mol. The molecule has 0 amide bonds. The van der Waals surface area contributed by atoms with Gasteiger partial charge in [0.25, 0.3) is 0 Å². The highest BCUT2D eigenvalue weighted by atomic mass is 16.6. The molecule has 0 aliphatic carbocycles. The Morgan fingerprint density at radius 3 is 2.73 bits per heavy atom. The predicted molar refractivity (Wildman–Crippen MR) is 58.1 cm³/mol. The van der Waals surface area contributed by atoms with Gasteiger partial charge >= 0.3 is 5.69 Å². The van der Waals surface area contributed by atoms with Crippen molar-refractivity contribution in [1.29, 1.82) is 0 Å². The molecule has 0 heterocycles. The summed E-state index contributed by atoms with van der Waals surface area (Å²) in [5, 5.41) is 10.6. The SMILES string of the molecule is CCCCCOc1ccccc1[N+](=O)[O-]. The third-order valence-electron chi connectivity index (χ3n) is 2.07. The molecule has 0 aromatic heterocycles. The quantitative estimate of drug-likeness (QED) is 0.411. The lowest BCUT2D eigenvalue weighted by atomic mass is 10.2. The lowest BCUT2D eigenvalue weighted by Gasteiger charge is -2.05. The van der Waals surface area contributed by atoms with Gasteiger partial charge in [-0.2, -0.15) is 0 Å². The van der Waals surface area contributed by atoms with E-state index in [0.717, 1.165) is 19.3 Å². The zero-order chi connectivity index (χ0) is 11.1. The molecule has 1 aromatic rings. The fourth-order valence-electron chi connectivity index (χ4n) is 1.26. The van der Waals surface area contributed by atoms with Gasteiger partial charge in [0.1, 0.15) is 0 Å². The van der Waals surface area contributed by atoms with Gasteiger partial charge in [-0.25, -0.2) is 0 Å². The van der Waals surface area contributed by atoms with Gasteiger partial charge in [0, 0.05) is 6.07 Å². The first-order chi connectivity index (χ1) is 7.25. The first kappa shape index (κ1) is 11.5. The van der Waals surface area contributed by atoms with Crippen LogP contribution >= 0.6 is 0 Å². The second-order valence-corrected chi connectivity index (χ2v) is 3.28. The standard InChI is InChI=1S/C11H15NO3/c1-2-3-6-9-15-11-8-5-4-7-10(11)12(13)14/h4-5,7-8H,2-3,6,9H2,1H3. The Balaban J connectivity index is 2.56. The summed E-state index contributed by atoms with van der Waals surface area (Å²) < 4.78 is 5.36. The van der Waals surface area contributed by atoms with E-state index in [2.05, 4.69) is 6.92 Å². The van der Waals surface area contributed by atoms with E-state index in [4.69, 9.17) is 4.74 Å². The Bertz CT molecular complexity index is 325. The highest BCUT2D eigenvalue weighted by molar-refractivity contribution is 5.45. The number of nitrogens with zero attached hydrogens (tertiary/aromatic N) is 1. The van der Waals surface area contributed by atoms with E-state index in [-0.39, 0.29) is 5.69 Å². The number of hydrogen-bond acceptors (Lipinski definition) is 3. The van der Waals surface area contributed by atoms with Crippen LogP contribution in [0.4, 0.5) is 5.69 Å². The summed E-state index contributed by atoms with van der Waals surface area (Å²) in [5.74, 6) is 0.360. The number of unbranched alkanes of at least 4 members (excludes halogenated alkanes) is 2. The molecular formula is C11H15NO3. The molecule has 0 aliphatic rings. The topological polar surface area (TPSA) is 52.4 Å². The molecule has 0 unspecified atom stereocenters. The van der Waals surface area contributed by atoms with Crippen molar-refractivity contribution in [2.75, 3.05) is 6.61 Å². The van der Waals surface area contributed by atoms with Crippen LogP contribution in [0.1, 0.15) is 26.2 Å². The van der Waals surface area contributed by atoms with Crippen LogP contribution in [0.15, 0.2) is 24.3 Å². The molecule has 0 N–H and O–H groups in total. The van der Waals surface area contributed by atoms with Crippen LogP contribution in [0.5, 0.6) is 5.75 Å². The van der Waals surface area contributed by atoms with Crippen molar-refractivity contribution in [2.24, 2.45) is 0 Å². The fraction of sp³-hybridized carbons (Fsp3) is 0.455. The van der Waals surface area contributed by atoms with Gasteiger partial charge in [-0.1, -0.05) is 31.9 Å². The molecule has 0 spiro atoms. The molecule has 0 atom stereocenters. The van der Waals surface area contributed by atoms with E-state index < -0.39 is 4.92 Å². The van der Waals surface area contributed by atoms with E-state index in [9.17, 15) is 10.1 Å². The van der Waals surface area contributed by atoms with Crippen LogP contribution in [0.2, 0.25) is 0 Å². The molecule has 0 bridgehead atoms. The first-order valence-corrected chi connectivity index (χ1v) is 5.12. The molecule has 15 heavy (non-hydrogen) atoms. The second-order valence-electron chi connectivity index (χ2n) is 3.28. The minimum atomic E-state index is -0.421. The van der Waals surface area contributed by atoms with Crippen LogP contribution in [0.3, 0.4) is 0 Å². The van der Waals surface area contributed by atoms with E-state index in [1.54, 1.807) is 18.2 Å². The number of benzene rings is 1. The van der Waals surface area contributed by atoms with Gasteiger partial charge < -0.3 is 4.74 Å². The van der Waals surface area contributed by atoms with Crippen LogP contribution in [0, 0.1) is 10.1 Å². The number of ether oxygens (including phenoxy) is 1. The fourth-order valence-corrected chi connectivity index (χ4v) is 1.26. The molecule has 0 aliphatic heterocycles. The third-order valence-corrected chi connectivity index (χ3v) is 2.07. The molecule has 0 saturated carbocycles. The molecule has 0 radical (unpaired) electrons. The van der Waals surface area contributed by atoms with Crippen molar-refractivity contribution < 1.29 is 9.66 Å². The summed E-state index contributed by atoms with van der Waals surface area (Å²) in [4.78, 5) is 10.2. The molecule has 4 heteroatoms. The monoisotopic (exact) mass is 209 g/mol. The van der Waals surface area contributed by atoms with Crippen molar-refractivity contribution in [3.05, 3.63) is 34.4 Å². The molecule has 0 saturated heterocycles. The summed E-state index contributed by atoms with van der Waals surface area (Å²) in [6.45, 7) is 2.64. The van der Waals surface area contributed by atoms with E-state index >= 15 is 0 Å². The second kappa shape index (κ2) is 6.01. The minimum absolute atomic E-state index is 0.0361. The molecule has 82 valence electrons. The first-order valence-electron chi connectivity index (χ1n) is 5.12. The maximum absolute atomic E-state index is 10.6. The molecule has 0 fully saturated rings. The minimum Gasteiger partial charge on any atom is -0.487 e. The van der Waals surface area contributed by atoms with Gasteiger partial charge in [0.15, 0.2) is 5.75 Å². The van der Waals surface area contributed by atoms with Crippen LogP contribution in [-0.2, 0) is 0 Å². The summed E-state index contributed by atoms with van der Waals surface area (Å²) in [6.07, 6.45) is 3.13. The summed E-state index contributed by atoms with van der Waals surface area (Å²) in [7, 11) is 0. The largest absolute Gasteiger partial charge is 0.487 e. The van der Waals surface area contributed by atoms with Gasteiger partial charge in [-0.05, 0) is 12.5 Å². The molecule has 1 rings (SSSR count). The van der Waals surface area contributed by atoms with Crippen molar-refractivity contribution >= 4 is 5.69 Å². The Kier molecular flexibility index (Phi) is 4.60. The summed E-state index contributed by atoms with van der Waals surface area (Å²) in [5.41, 5.74) is 0.0361. The molecule has 1 aromatic carbocycles. The van der Waals surface area contributed by atoms with Crippen LogP contribution in [-0.4, -0.2) is 11.5 Å². The van der Waals surface area contributed by atoms with E-state index in [0.29, 0.717) is 12.4 Å². The van der Waals surface area contributed by atoms with Crippen molar-refractivity contribution in [3.8, 4) is 5.75 Å². The summed E-state index contributed by atoms with van der Waals surface area (Å²) >= 11 is 0. The van der Waals surface area contributed by atoms with Gasteiger partial charge in [-0.3, -0.25) is 10.1 Å². The van der Waals surface area contributed by atoms with Crippen LogP contribution in [0.25, 0.3) is 0 Å². The van der Waals surface area contributed by atoms with Gasteiger partial charge in [0.05, 0.1) is 11.5 Å². The van der Waals surface area contributed by atoms with Crippen molar-refractivity contribution in [3.63, 3.8) is 0 Å². The zero-order valence-corrected chi connectivity index (χ0v) is 8.81. The highest BCUT2D eigenvalue weighted by Crippen LogP contribution is 2.25. The normalized spacial score (nSPS) is 9.93. The maximum atomic E-state index is 10.6. The third kappa shape index (κ3) is 3.58. The van der Waals surface area contributed by atoms with E-state index in [1.165, 1.54) is 6.07 Å². The number of hydrogen-bond donors (Lipinski definition) is 0. The average molecular weight is 209 g/mol. The zero-order valence-electron chi connectivity index (χ0n) is 8.81. The number of nitro groups is 1. The summed E-state index contributed by atoms with van der Waals surface area (Å²) in [6, 6.07) is 6.46. The Morgan fingerprint density at radius 2 is 2.07 bits per heavy atom. The van der Waals surface area contributed by atoms with Gasteiger partial charge in [-0.15, -0.1) is 0 Å². The van der Waals surface area contributed by atoms with Crippen molar-refractivity contribution in [1.82, 2.24) is 0 Å². The smallest absolute Gasteiger partial charge is 0.310 e. The van der Waals surface area contributed by atoms with E-state index in [1.807, 2.05) is 0 Å². The Hall–Kier alpha value is -1.58. The number of rotatable bonds is 6. The lowest BCUT2D eigenvalue weighted by molar-refractivity contribution is -0.385. The predicted octanol–water partition coefficient (Wildman–Crippen LogP) is 3.16. The lowest BCUT2D eigenvalue weighted by Crippen LogP contribution is -2.00. The van der Waals surface area contributed by atoms with Gasteiger partial charge in [0.2, 0.25) is 0 Å². The highest BCUT2D eigenvalue weighted by Gasteiger charge is 2.12. The van der Waals surface area contributed by atoms with Crippen molar-refractivity contribution in [2.45, 2.75) is 26.2 Å². The van der Waals surface area contributed by atoms with Crippen LogP contribution < -0.4 is 4.74 Å². The average Bonchev–Trinajstić information content (AvgIpc) is 2.25. The number of nitro benzene ring substituents is 1. The number of para-hydroxylation sites is 2. The molecule has 4 nitrogen and oxygen atoms in total.